The fourth-order valence-corrected chi connectivity index (χ4v) is 2.34. The van der Waals surface area contributed by atoms with Crippen molar-refractivity contribution < 1.29 is 0 Å². The van der Waals surface area contributed by atoms with Crippen LogP contribution in [0.5, 0.6) is 0 Å². The molecule has 100 valence electrons. The average Bonchev–Trinajstić information content (AvgIpc) is 2.38. The number of rotatable bonds is 4. The van der Waals surface area contributed by atoms with Gasteiger partial charge in [0.05, 0.1) is 0 Å². The maximum absolute atomic E-state index is 5.96. The summed E-state index contributed by atoms with van der Waals surface area (Å²) in [6, 6.07) is 14.2. The first-order valence-corrected chi connectivity index (χ1v) is 7.06. The van der Waals surface area contributed by atoms with Gasteiger partial charge in [-0.1, -0.05) is 41.4 Å². The highest BCUT2D eigenvalue weighted by Gasteiger charge is 2.06. The monoisotopic (exact) mass is 293 g/mol. The van der Waals surface area contributed by atoms with Crippen LogP contribution in [-0.4, -0.2) is 0 Å². The van der Waals surface area contributed by atoms with Gasteiger partial charge < -0.3 is 5.32 Å². The van der Waals surface area contributed by atoms with Crippen LogP contribution >= 0.6 is 23.2 Å². The second-order valence-corrected chi connectivity index (χ2v) is 5.60. The van der Waals surface area contributed by atoms with E-state index in [0.717, 1.165) is 16.6 Å². The lowest BCUT2D eigenvalue weighted by Gasteiger charge is -2.15. The molecule has 1 atom stereocenters. The zero-order valence-electron chi connectivity index (χ0n) is 11.1. The van der Waals surface area contributed by atoms with Gasteiger partial charge in [0.25, 0.3) is 0 Å². The third kappa shape index (κ3) is 3.97. The summed E-state index contributed by atoms with van der Waals surface area (Å²) in [6.45, 7) is 5.05. The summed E-state index contributed by atoms with van der Waals surface area (Å²) in [7, 11) is 0. The van der Waals surface area contributed by atoms with E-state index in [2.05, 4.69) is 37.4 Å². The van der Waals surface area contributed by atoms with Crippen molar-refractivity contribution in [3.63, 3.8) is 0 Å². The Hall–Kier alpha value is -1.02. The van der Waals surface area contributed by atoms with Crippen LogP contribution in [0.2, 0.25) is 10.0 Å². The predicted octanol–water partition coefficient (Wildman–Crippen LogP) is 5.15. The summed E-state index contributed by atoms with van der Waals surface area (Å²) in [5, 5.41) is 5.06. The third-order valence-electron chi connectivity index (χ3n) is 3.27. The topological polar surface area (TPSA) is 12.0 Å². The van der Waals surface area contributed by atoms with E-state index in [1.807, 2.05) is 24.3 Å². The number of benzene rings is 2. The Bertz CT molecular complexity index is 549. The summed E-state index contributed by atoms with van der Waals surface area (Å²) in [5.41, 5.74) is 3.71. The summed E-state index contributed by atoms with van der Waals surface area (Å²) in [4.78, 5) is 0. The van der Waals surface area contributed by atoms with Gasteiger partial charge in [0.2, 0.25) is 0 Å². The first-order chi connectivity index (χ1) is 9.06. The van der Waals surface area contributed by atoms with E-state index >= 15 is 0 Å². The Balaban J connectivity index is 2.00. The highest BCUT2D eigenvalue weighted by Crippen LogP contribution is 2.18. The molecule has 1 N–H and O–H groups in total. The van der Waals surface area contributed by atoms with E-state index in [0.29, 0.717) is 0 Å². The van der Waals surface area contributed by atoms with Crippen LogP contribution in [0, 0.1) is 6.92 Å². The Labute approximate surface area is 124 Å². The number of halogens is 2. The number of nitrogens with one attached hydrogen (secondary N) is 1. The van der Waals surface area contributed by atoms with Gasteiger partial charge in [-0.2, -0.15) is 0 Å². The lowest BCUT2D eigenvalue weighted by Crippen LogP contribution is -2.18. The van der Waals surface area contributed by atoms with Gasteiger partial charge in [0.15, 0.2) is 0 Å². The minimum Gasteiger partial charge on any atom is -0.306 e. The molecule has 0 saturated carbocycles. The van der Waals surface area contributed by atoms with Crippen molar-refractivity contribution in [3.05, 3.63) is 69.2 Å². The van der Waals surface area contributed by atoms with Crippen molar-refractivity contribution in [2.75, 3.05) is 0 Å². The van der Waals surface area contributed by atoms with Crippen LogP contribution in [-0.2, 0) is 6.54 Å². The molecule has 0 radical (unpaired) electrons. The Morgan fingerprint density at radius 3 is 2.26 bits per heavy atom. The first kappa shape index (κ1) is 14.4. The zero-order valence-corrected chi connectivity index (χ0v) is 12.6. The van der Waals surface area contributed by atoms with Gasteiger partial charge in [-0.05, 0) is 54.8 Å². The minimum atomic E-state index is 0.285. The summed E-state index contributed by atoms with van der Waals surface area (Å²) < 4.78 is 0. The van der Waals surface area contributed by atoms with Crippen molar-refractivity contribution in [3.8, 4) is 0 Å². The SMILES string of the molecule is Cc1cc(Cl)ccc1CNC(C)c1ccc(Cl)cc1. The van der Waals surface area contributed by atoms with Crippen molar-refractivity contribution >= 4 is 23.2 Å². The molecule has 0 aromatic heterocycles. The second kappa shape index (κ2) is 6.42. The van der Waals surface area contributed by atoms with E-state index in [1.54, 1.807) is 0 Å². The van der Waals surface area contributed by atoms with Crippen LogP contribution in [0.3, 0.4) is 0 Å². The molecule has 3 heteroatoms. The molecule has 2 aromatic rings. The van der Waals surface area contributed by atoms with Crippen molar-refractivity contribution in [1.82, 2.24) is 5.32 Å². The van der Waals surface area contributed by atoms with Gasteiger partial charge in [-0.3, -0.25) is 0 Å². The minimum absolute atomic E-state index is 0.285. The predicted molar refractivity (Wildman–Crippen MR) is 82.9 cm³/mol. The molecule has 1 nitrogen and oxygen atoms in total. The molecule has 0 spiro atoms. The molecule has 0 saturated heterocycles. The normalized spacial score (nSPS) is 12.4. The number of hydrogen-bond acceptors (Lipinski definition) is 1. The molecule has 0 aliphatic rings. The van der Waals surface area contributed by atoms with E-state index in [-0.39, 0.29) is 6.04 Å². The Kier molecular flexibility index (Phi) is 4.87. The van der Waals surface area contributed by atoms with E-state index in [1.165, 1.54) is 16.7 Å². The van der Waals surface area contributed by atoms with Crippen LogP contribution in [0.15, 0.2) is 42.5 Å². The number of aryl methyl sites for hydroxylation is 1. The van der Waals surface area contributed by atoms with E-state index < -0.39 is 0 Å². The van der Waals surface area contributed by atoms with Crippen LogP contribution < -0.4 is 5.32 Å². The highest BCUT2D eigenvalue weighted by molar-refractivity contribution is 6.30. The fraction of sp³-hybridized carbons (Fsp3) is 0.250. The molecular weight excluding hydrogens is 277 g/mol. The molecule has 0 aliphatic carbocycles. The Morgan fingerprint density at radius 2 is 1.63 bits per heavy atom. The van der Waals surface area contributed by atoms with Crippen LogP contribution in [0.25, 0.3) is 0 Å². The van der Waals surface area contributed by atoms with Gasteiger partial charge in [-0.15, -0.1) is 0 Å². The van der Waals surface area contributed by atoms with Gasteiger partial charge >= 0.3 is 0 Å². The zero-order chi connectivity index (χ0) is 13.8. The van der Waals surface area contributed by atoms with Crippen molar-refractivity contribution in [1.29, 1.82) is 0 Å². The molecule has 0 bridgehead atoms. The Morgan fingerprint density at radius 1 is 1.00 bits per heavy atom. The third-order valence-corrected chi connectivity index (χ3v) is 3.76. The first-order valence-electron chi connectivity index (χ1n) is 6.30. The van der Waals surface area contributed by atoms with Gasteiger partial charge in [-0.25, -0.2) is 0 Å². The summed E-state index contributed by atoms with van der Waals surface area (Å²) >= 11 is 11.8. The standard InChI is InChI=1S/C16H17Cl2N/c1-11-9-16(18)8-5-14(11)10-19-12(2)13-3-6-15(17)7-4-13/h3-9,12,19H,10H2,1-2H3. The van der Waals surface area contributed by atoms with Crippen molar-refractivity contribution in [2.24, 2.45) is 0 Å². The average molecular weight is 294 g/mol. The van der Waals surface area contributed by atoms with Crippen LogP contribution in [0.4, 0.5) is 0 Å². The lowest BCUT2D eigenvalue weighted by molar-refractivity contribution is 0.573. The van der Waals surface area contributed by atoms with Crippen molar-refractivity contribution in [2.45, 2.75) is 26.4 Å². The van der Waals surface area contributed by atoms with Gasteiger partial charge in [0, 0.05) is 22.6 Å². The molecule has 0 aliphatic heterocycles. The lowest BCUT2D eigenvalue weighted by atomic mass is 10.1. The molecular formula is C16H17Cl2N. The molecule has 2 aromatic carbocycles. The summed E-state index contributed by atoms with van der Waals surface area (Å²) in [6.07, 6.45) is 0. The summed E-state index contributed by atoms with van der Waals surface area (Å²) in [5.74, 6) is 0. The molecule has 1 unspecified atom stereocenters. The molecule has 2 rings (SSSR count). The molecule has 0 fully saturated rings. The maximum atomic E-state index is 5.96. The van der Waals surface area contributed by atoms with Crippen LogP contribution in [0.1, 0.15) is 29.7 Å². The maximum Gasteiger partial charge on any atom is 0.0408 e. The fourth-order valence-electron chi connectivity index (χ4n) is 1.99. The smallest absolute Gasteiger partial charge is 0.0408 e. The molecule has 0 amide bonds. The molecule has 0 heterocycles. The van der Waals surface area contributed by atoms with E-state index in [9.17, 15) is 0 Å². The largest absolute Gasteiger partial charge is 0.306 e. The van der Waals surface area contributed by atoms with E-state index in [4.69, 9.17) is 23.2 Å². The molecule has 19 heavy (non-hydrogen) atoms. The second-order valence-electron chi connectivity index (χ2n) is 4.72. The highest BCUT2D eigenvalue weighted by atomic mass is 35.5. The quantitative estimate of drug-likeness (QED) is 0.822. The number of hydrogen-bond donors (Lipinski definition) is 1. The van der Waals surface area contributed by atoms with Gasteiger partial charge in [0.1, 0.15) is 0 Å².